The van der Waals surface area contributed by atoms with Crippen LogP contribution in [0.1, 0.15) is 48.9 Å². The van der Waals surface area contributed by atoms with Crippen molar-refractivity contribution in [3.8, 4) is 6.07 Å². The maximum atomic E-state index is 13.2. The minimum absolute atomic E-state index is 0.0334. The van der Waals surface area contributed by atoms with E-state index in [9.17, 15) is 9.59 Å². The summed E-state index contributed by atoms with van der Waals surface area (Å²) in [5.74, 6) is 0.343. The predicted molar refractivity (Wildman–Crippen MR) is 94.6 cm³/mol. The van der Waals surface area contributed by atoms with Crippen LogP contribution in [-0.2, 0) is 4.79 Å². The Morgan fingerprint density at radius 2 is 1.96 bits per heavy atom. The zero-order chi connectivity index (χ0) is 17.8. The van der Waals surface area contributed by atoms with Crippen LogP contribution in [-0.4, -0.2) is 47.3 Å². The van der Waals surface area contributed by atoms with Crippen LogP contribution >= 0.6 is 0 Å². The molecule has 1 heterocycles. The molecule has 5 nitrogen and oxygen atoms in total. The van der Waals surface area contributed by atoms with Gasteiger partial charge in [0.15, 0.2) is 0 Å². The molecule has 0 N–H and O–H groups in total. The number of carbonyl (C=O) groups is 2. The number of hydrogen-bond donors (Lipinski definition) is 0. The van der Waals surface area contributed by atoms with E-state index in [0.29, 0.717) is 24.4 Å². The molecule has 1 aliphatic carbocycles. The van der Waals surface area contributed by atoms with Crippen LogP contribution in [0.4, 0.5) is 0 Å². The summed E-state index contributed by atoms with van der Waals surface area (Å²) < 4.78 is 0. The summed E-state index contributed by atoms with van der Waals surface area (Å²) in [6.45, 7) is 0.411. The van der Waals surface area contributed by atoms with Gasteiger partial charge in [-0.2, -0.15) is 5.26 Å². The zero-order valence-corrected chi connectivity index (χ0v) is 14.7. The maximum Gasteiger partial charge on any atom is 0.254 e. The summed E-state index contributed by atoms with van der Waals surface area (Å²) in [5, 5.41) is 8.77. The van der Waals surface area contributed by atoms with Gasteiger partial charge in [0.2, 0.25) is 5.91 Å². The molecule has 2 fully saturated rings. The first-order valence-electron chi connectivity index (χ1n) is 9.13. The summed E-state index contributed by atoms with van der Waals surface area (Å²) in [7, 11) is 1.73. The van der Waals surface area contributed by atoms with E-state index < -0.39 is 6.04 Å². The quantitative estimate of drug-likeness (QED) is 0.847. The Balaban J connectivity index is 1.85. The molecule has 5 heteroatoms. The molecule has 1 saturated heterocycles. The molecule has 3 unspecified atom stereocenters. The van der Waals surface area contributed by atoms with Gasteiger partial charge >= 0.3 is 0 Å². The van der Waals surface area contributed by atoms with Crippen LogP contribution < -0.4 is 0 Å². The lowest BCUT2D eigenvalue weighted by atomic mass is 9.84. The van der Waals surface area contributed by atoms with Gasteiger partial charge in [-0.25, -0.2) is 0 Å². The highest BCUT2D eigenvalue weighted by atomic mass is 16.2. The number of likely N-dealkylation sites (tertiary alicyclic amines) is 1. The van der Waals surface area contributed by atoms with E-state index in [0.717, 1.165) is 25.7 Å². The number of rotatable bonds is 4. The van der Waals surface area contributed by atoms with Crippen molar-refractivity contribution in [3.63, 3.8) is 0 Å². The molecule has 0 spiro atoms. The fourth-order valence-electron chi connectivity index (χ4n) is 4.28. The minimum atomic E-state index is -0.399. The molecule has 3 rings (SSSR count). The first-order chi connectivity index (χ1) is 12.1. The monoisotopic (exact) mass is 339 g/mol. The summed E-state index contributed by atoms with van der Waals surface area (Å²) in [4.78, 5) is 29.6. The van der Waals surface area contributed by atoms with Gasteiger partial charge in [-0.15, -0.1) is 0 Å². The van der Waals surface area contributed by atoms with E-state index in [4.69, 9.17) is 5.26 Å². The fourth-order valence-corrected chi connectivity index (χ4v) is 4.28. The van der Waals surface area contributed by atoms with Crippen molar-refractivity contribution in [1.82, 2.24) is 9.80 Å². The summed E-state index contributed by atoms with van der Waals surface area (Å²) in [6.07, 6.45) is 5.43. The summed E-state index contributed by atoms with van der Waals surface area (Å²) in [5.41, 5.74) is 0.645. The predicted octanol–water partition coefficient (Wildman–Crippen LogP) is 2.83. The van der Waals surface area contributed by atoms with Crippen molar-refractivity contribution in [3.05, 3.63) is 35.9 Å². The Hall–Kier alpha value is -2.35. The number of benzene rings is 1. The van der Waals surface area contributed by atoms with E-state index in [-0.39, 0.29) is 17.9 Å². The lowest BCUT2D eigenvalue weighted by molar-refractivity contribution is -0.134. The lowest BCUT2D eigenvalue weighted by Crippen LogP contribution is -2.50. The van der Waals surface area contributed by atoms with E-state index in [1.165, 1.54) is 6.42 Å². The Labute approximate surface area is 149 Å². The lowest BCUT2D eigenvalue weighted by Gasteiger charge is -2.34. The molecule has 0 aromatic heterocycles. The van der Waals surface area contributed by atoms with Crippen molar-refractivity contribution < 1.29 is 9.59 Å². The van der Waals surface area contributed by atoms with Gasteiger partial charge in [-0.05, 0) is 37.3 Å². The van der Waals surface area contributed by atoms with Gasteiger partial charge in [0.25, 0.3) is 5.91 Å². The largest absolute Gasteiger partial charge is 0.343 e. The highest BCUT2D eigenvalue weighted by Gasteiger charge is 2.48. The van der Waals surface area contributed by atoms with Crippen molar-refractivity contribution in [2.45, 2.75) is 50.6 Å². The van der Waals surface area contributed by atoms with Crippen molar-refractivity contribution >= 4 is 11.8 Å². The Morgan fingerprint density at radius 1 is 1.24 bits per heavy atom. The van der Waals surface area contributed by atoms with Crippen molar-refractivity contribution in [2.75, 3.05) is 13.6 Å². The second-order valence-electron chi connectivity index (χ2n) is 7.11. The van der Waals surface area contributed by atoms with Crippen LogP contribution in [0.2, 0.25) is 0 Å². The number of amides is 2. The van der Waals surface area contributed by atoms with Crippen LogP contribution in [0.15, 0.2) is 30.3 Å². The number of likely N-dealkylation sites (N-methyl/N-ethyl adjacent to an activating group) is 1. The first kappa shape index (κ1) is 17.5. The topological polar surface area (TPSA) is 64.4 Å². The van der Waals surface area contributed by atoms with Gasteiger partial charge in [-0.1, -0.05) is 31.0 Å². The average Bonchev–Trinajstić information content (AvgIpc) is 3.05. The van der Waals surface area contributed by atoms with Gasteiger partial charge in [0.1, 0.15) is 6.04 Å². The Kier molecular flexibility index (Phi) is 5.37. The smallest absolute Gasteiger partial charge is 0.254 e. The standard InChI is InChI=1S/C20H25N3O2/c1-22(13-7-12-21)20(25)18-14-16-10-5-6-11-17(16)23(18)19(24)15-8-3-2-4-9-15/h2-4,8-9,16-18H,5-7,10-11,13-14H2,1H3. The Bertz CT molecular complexity index is 667. The van der Waals surface area contributed by atoms with E-state index in [1.54, 1.807) is 11.9 Å². The number of hydrogen-bond acceptors (Lipinski definition) is 3. The van der Waals surface area contributed by atoms with E-state index in [2.05, 4.69) is 6.07 Å². The molecule has 1 saturated carbocycles. The third-order valence-corrected chi connectivity index (χ3v) is 5.56. The normalized spacial score (nSPS) is 25.1. The second-order valence-corrected chi connectivity index (χ2v) is 7.11. The van der Waals surface area contributed by atoms with E-state index in [1.807, 2.05) is 35.2 Å². The molecule has 132 valence electrons. The van der Waals surface area contributed by atoms with Crippen LogP contribution in [0.25, 0.3) is 0 Å². The highest BCUT2D eigenvalue weighted by Crippen LogP contribution is 2.41. The molecule has 25 heavy (non-hydrogen) atoms. The average molecular weight is 339 g/mol. The molecule has 1 aromatic rings. The van der Waals surface area contributed by atoms with Gasteiger partial charge < -0.3 is 9.80 Å². The molecule has 0 bridgehead atoms. The fraction of sp³-hybridized carbons (Fsp3) is 0.550. The van der Waals surface area contributed by atoms with Crippen LogP contribution in [0.3, 0.4) is 0 Å². The molecule has 0 radical (unpaired) electrons. The summed E-state index contributed by atoms with van der Waals surface area (Å²) >= 11 is 0. The van der Waals surface area contributed by atoms with Crippen LogP contribution in [0.5, 0.6) is 0 Å². The molecular formula is C20H25N3O2. The van der Waals surface area contributed by atoms with Gasteiger partial charge in [0, 0.05) is 25.2 Å². The second kappa shape index (κ2) is 7.69. The molecule has 2 amide bonds. The molecule has 1 aliphatic heterocycles. The zero-order valence-electron chi connectivity index (χ0n) is 14.7. The van der Waals surface area contributed by atoms with E-state index >= 15 is 0 Å². The van der Waals surface area contributed by atoms with Gasteiger partial charge in [-0.3, -0.25) is 9.59 Å². The highest BCUT2D eigenvalue weighted by molar-refractivity contribution is 5.98. The number of nitrogens with zero attached hydrogens (tertiary/aromatic N) is 3. The molecular weight excluding hydrogens is 314 g/mol. The van der Waals surface area contributed by atoms with Crippen molar-refractivity contribution in [2.24, 2.45) is 5.92 Å². The first-order valence-corrected chi connectivity index (χ1v) is 9.13. The SMILES string of the molecule is CN(CCC#N)C(=O)C1CC2CCCCC2N1C(=O)c1ccccc1. The third-order valence-electron chi connectivity index (χ3n) is 5.56. The minimum Gasteiger partial charge on any atom is -0.343 e. The maximum absolute atomic E-state index is 13.2. The molecule has 1 aromatic carbocycles. The van der Waals surface area contributed by atoms with Crippen molar-refractivity contribution in [1.29, 1.82) is 5.26 Å². The third kappa shape index (κ3) is 3.53. The van der Waals surface area contributed by atoms with Gasteiger partial charge in [0.05, 0.1) is 12.5 Å². The number of carbonyl (C=O) groups excluding carboxylic acids is 2. The number of fused-ring (bicyclic) bond motifs is 1. The number of nitriles is 1. The molecule has 2 aliphatic rings. The van der Waals surface area contributed by atoms with Crippen LogP contribution in [0, 0.1) is 17.2 Å². The molecule has 3 atom stereocenters. The summed E-state index contributed by atoms with van der Waals surface area (Å²) in [6, 6.07) is 11.1. The Morgan fingerprint density at radius 3 is 2.68 bits per heavy atom.